The number of thioether (sulfide) groups is 1. The van der Waals surface area contributed by atoms with Crippen LogP contribution in [0.5, 0.6) is 0 Å². The van der Waals surface area contributed by atoms with Crippen LogP contribution in [0.1, 0.15) is 14.5 Å². The van der Waals surface area contributed by atoms with Crippen molar-refractivity contribution in [2.24, 2.45) is 0 Å². The number of rotatable bonds is 4. The van der Waals surface area contributed by atoms with Crippen molar-refractivity contribution in [2.75, 3.05) is 5.75 Å². The average molecular weight is 254 g/mol. The monoisotopic (exact) mass is 254 g/mol. The largest absolute Gasteiger partial charge is 0.292 e. The van der Waals surface area contributed by atoms with E-state index in [1.807, 2.05) is 36.6 Å². The fraction of sp³-hybridized carbons (Fsp3) is 0.182. The molecule has 0 atom stereocenters. The number of aryl methyl sites for hydroxylation is 1. The maximum atomic E-state index is 11.7. The molecule has 0 amide bonds. The Morgan fingerprint density at radius 2 is 2.27 bits per heavy atom. The van der Waals surface area contributed by atoms with Crippen LogP contribution in [0.3, 0.4) is 0 Å². The summed E-state index contributed by atoms with van der Waals surface area (Å²) in [5.41, 5.74) is 0. The van der Waals surface area contributed by atoms with Crippen molar-refractivity contribution in [3.63, 3.8) is 0 Å². The van der Waals surface area contributed by atoms with E-state index in [1.54, 1.807) is 34.4 Å². The fourth-order valence-electron chi connectivity index (χ4n) is 1.14. The quantitative estimate of drug-likeness (QED) is 0.604. The van der Waals surface area contributed by atoms with E-state index < -0.39 is 0 Å². The van der Waals surface area contributed by atoms with Crippen LogP contribution in [0.15, 0.2) is 33.9 Å². The molecule has 0 saturated heterocycles. The summed E-state index contributed by atoms with van der Waals surface area (Å²) >= 11 is 4.87. The zero-order valence-corrected chi connectivity index (χ0v) is 10.7. The molecule has 78 valence electrons. The number of carbonyl (C=O) groups excluding carboxylic acids is 1. The highest BCUT2D eigenvalue weighted by atomic mass is 32.2. The first-order chi connectivity index (χ1) is 7.25. The van der Waals surface area contributed by atoms with Crippen LogP contribution in [0.25, 0.3) is 0 Å². The summed E-state index contributed by atoms with van der Waals surface area (Å²) in [5, 5.41) is 2.03. The second-order valence-corrected chi connectivity index (χ2v) is 6.57. The Bertz CT molecular complexity index is 442. The van der Waals surface area contributed by atoms with Crippen molar-refractivity contribution in [3.8, 4) is 0 Å². The Kier molecular flexibility index (Phi) is 3.61. The van der Waals surface area contributed by atoms with Gasteiger partial charge in [-0.3, -0.25) is 4.79 Å². The van der Waals surface area contributed by atoms with Gasteiger partial charge in [0.1, 0.15) is 0 Å². The zero-order chi connectivity index (χ0) is 10.7. The Morgan fingerprint density at radius 3 is 2.87 bits per heavy atom. The molecule has 0 spiro atoms. The van der Waals surface area contributed by atoms with Gasteiger partial charge in [-0.05, 0) is 30.5 Å². The molecule has 15 heavy (non-hydrogen) atoms. The summed E-state index contributed by atoms with van der Waals surface area (Å²) in [5.74, 6) is 0.770. The number of thiophene rings is 2. The number of hydrogen-bond acceptors (Lipinski definition) is 4. The molecule has 2 rings (SSSR count). The number of carbonyl (C=O) groups is 1. The van der Waals surface area contributed by atoms with Crippen molar-refractivity contribution < 1.29 is 4.79 Å². The third-order valence-electron chi connectivity index (χ3n) is 1.86. The maximum absolute atomic E-state index is 11.7. The molecule has 2 heterocycles. The van der Waals surface area contributed by atoms with Crippen molar-refractivity contribution >= 4 is 40.2 Å². The van der Waals surface area contributed by atoms with E-state index in [4.69, 9.17) is 0 Å². The molecule has 0 aliphatic carbocycles. The lowest BCUT2D eigenvalue weighted by molar-refractivity contribution is 0.102. The van der Waals surface area contributed by atoms with Gasteiger partial charge in [0.25, 0.3) is 0 Å². The summed E-state index contributed by atoms with van der Waals surface area (Å²) in [7, 11) is 0. The van der Waals surface area contributed by atoms with Crippen LogP contribution in [0, 0.1) is 6.92 Å². The van der Waals surface area contributed by atoms with Gasteiger partial charge in [0.15, 0.2) is 5.78 Å². The zero-order valence-electron chi connectivity index (χ0n) is 8.23. The molecule has 0 saturated carbocycles. The van der Waals surface area contributed by atoms with Gasteiger partial charge in [0, 0.05) is 4.88 Å². The van der Waals surface area contributed by atoms with Crippen molar-refractivity contribution in [2.45, 2.75) is 11.1 Å². The Balaban J connectivity index is 1.93. The second-order valence-electron chi connectivity index (χ2n) is 3.05. The summed E-state index contributed by atoms with van der Waals surface area (Å²) in [6, 6.07) is 7.96. The van der Waals surface area contributed by atoms with Gasteiger partial charge < -0.3 is 0 Å². The number of Topliss-reactive ketones (excluding diaryl/α,β-unsaturated/α-hetero) is 1. The molecule has 2 aromatic heterocycles. The topological polar surface area (TPSA) is 17.1 Å². The second kappa shape index (κ2) is 4.96. The van der Waals surface area contributed by atoms with Gasteiger partial charge in [-0.1, -0.05) is 6.07 Å². The average Bonchev–Trinajstić information content (AvgIpc) is 2.84. The van der Waals surface area contributed by atoms with E-state index in [0.717, 1.165) is 4.88 Å². The molecule has 0 radical (unpaired) electrons. The third kappa shape index (κ3) is 2.93. The molecule has 0 aliphatic rings. The molecule has 1 nitrogen and oxygen atoms in total. The van der Waals surface area contributed by atoms with Gasteiger partial charge in [-0.2, -0.15) is 0 Å². The van der Waals surface area contributed by atoms with E-state index in [2.05, 4.69) is 0 Å². The number of ketones is 1. The minimum atomic E-state index is 0.228. The number of hydrogen-bond donors (Lipinski definition) is 0. The molecule has 0 aliphatic heterocycles. The third-order valence-corrected chi connectivity index (χ3v) is 5.03. The van der Waals surface area contributed by atoms with Gasteiger partial charge in [-0.15, -0.1) is 34.4 Å². The molecular formula is C11H10OS3. The summed E-state index contributed by atoms with van der Waals surface area (Å²) < 4.78 is 1.21. The van der Waals surface area contributed by atoms with E-state index in [1.165, 1.54) is 9.09 Å². The first-order valence-electron chi connectivity index (χ1n) is 4.51. The van der Waals surface area contributed by atoms with Gasteiger partial charge >= 0.3 is 0 Å². The molecule has 2 aromatic rings. The molecule has 0 bridgehead atoms. The van der Waals surface area contributed by atoms with Crippen molar-refractivity contribution in [1.82, 2.24) is 0 Å². The highest BCUT2D eigenvalue weighted by Crippen LogP contribution is 2.25. The fourth-order valence-corrected chi connectivity index (χ4v) is 3.70. The highest BCUT2D eigenvalue weighted by Gasteiger charge is 2.08. The first kappa shape index (κ1) is 10.9. The predicted octanol–water partition coefficient (Wildman–Crippen LogP) is 4.09. The van der Waals surface area contributed by atoms with Crippen LogP contribution < -0.4 is 0 Å². The maximum Gasteiger partial charge on any atom is 0.183 e. The summed E-state index contributed by atoms with van der Waals surface area (Å²) in [6.07, 6.45) is 0. The predicted molar refractivity (Wildman–Crippen MR) is 68.4 cm³/mol. The van der Waals surface area contributed by atoms with Crippen LogP contribution in [0.4, 0.5) is 0 Å². The summed E-state index contributed by atoms with van der Waals surface area (Å²) in [4.78, 5) is 13.8. The molecule has 0 unspecified atom stereocenters. The van der Waals surface area contributed by atoms with E-state index in [0.29, 0.717) is 5.75 Å². The van der Waals surface area contributed by atoms with Crippen LogP contribution >= 0.6 is 34.4 Å². The minimum absolute atomic E-state index is 0.228. The van der Waals surface area contributed by atoms with Crippen LogP contribution in [-0.2, 0) is 0 Å². The molecular weight excluding hydrogens is 244 g/mol. The van der Waals surface area contributed by atoms with Gasteiger partial charge in [0.05, 0.1) is 14.8 Å². The highest BCUT2D eigenvalue weighted by molar-refractivity contribution is 8.01. The van der Waals surface area contributed by atoms with Gasteiger partial charge in [0.2, 0.25) is 0 Å². The Morgan fingerprint density at radius 1 is 1.40 bits per heavy atom. The van der Waals surface area contributed by atoms with Crippen molar-refractivity contribution in [1.29, 1.82) is 0 Å². The van der Waals surface area contributed by atoms with E-state index >= 15 is 0 Å². The SMILES string of the molecule is Cc1ccc(C(=O)CSc2cccs2)s1. The molecule has 4 heteroatoms. The molecule has 0 aromatic carbocycles. The Labute approximate surface area is 101 Å². The standard InChI is InChI=1S/C11H10OS3/c1-8-4-5-10(15-8)9(12)7-14-11-3-2-6-13-11/h2-6H,7H2,1H3. The van der Waals surface area contributed by atoms with E-state index in [-0.39, 0.29) is 5.78 Å². The van der Waals surface area contributed by atoms with Crippen LogP contribution in [0.2, 0.25) is 0 Å². The smallest absolute Gasteiger partial charge is 0.183 e. The Hall–Kier alpha value is -0.580. The molecule has 0 fully saturated rings. The van der Waals surface area contributed by atoms with Gasteiger partial charge in [-0.25, -0.2) is 0 Å². The lowest BCUT2D eigenvalue weighted by Gasteiger charge is -1.95. The normalized spacial score (nSPS) is 10.5. The minimum Gasteiger partial charge on any atom is -0.292 e. The summed E-state index contributed by atoms with van der Waals surface area (Å²) in [6.45, 7) is 2.02. The lowest BCUT2D eigenvalue weighted by atomic mass is 10.3. The first-order valence-corrected chi connectivity index (χ1v) is 7.20. The van der Waals surface area contributed by atoms with Crippen LogP contribution in [-0.4, -0.2) is 11.5 Å². The molecule has 0 N–H and O–H groups in total. The van der Waals surface area contributed by atoms with Crippen molar-refractivity contribution in [3.05, 3.63) is 39.4 Å². The van der Waals surface area contributed by atoms with E-state index in [9.17, 15) is 4.79 Å². The lowest BCUT2D eigenvalue weighted by Crippen LogP contribution is -1.98.